The summed E-state index contributed by atoms with van der Waals surface area (Å²) in [5, 5.41) is 3.63. The molecular weight excluding hydrogens is 250 g/mol. The molecule has 0 unspecified atom stereocenters. The summed E-state index contributed by atoms with van der Waals surface area (Å²) < 4.78 is 5.39. The number of hydrogen-bond donors (Lipinski definition) is 1. The molecule has 0 amide bonds. The smallest absolute Gasteiger partial charge is 0.135 e. The molecule has 100 valence electrons. The molecule has 0 atom stereocenters. The fraction of sp³-hybridized carbons (Fsp3) is 0.538. The van der Waals surface area contributed by atoms with Crippen LogP contribution in [0.5, 0.6) is 0 Å². The number of ether oxygens (including phenoxy) is 1. The van der Waals surface area contributed by atoms with Gasteiger partial charge < -0.3 is 10.1 Å². The second kappa shape index (κ2) is 8.06. The van der Waals surface area contributed by atoms with Gasteiger partial charge in [0.15, 0.2) is 0 Å². The molecule has 4 nitrogen and oxygen atoms in total. The molecule has 18 heavy (non-hydrogen) atoms. The van der Waals surface area contributed by atoms with Crippen molar-refractivity contribution in [1.29, 1.82) is 0 Å². The van der Waals surface area contributed by atoms with Crippen molar-refractivity contribution in [2.45, 2.75) is 26.2 Å². The van der Waals surface area contributed by atoms with Crippen LogP contribution in [0, 0.1) is 0 Å². The van der Waals surface area contributed by atoms with Crippen molar-refractivity contribution in [3.05, 3.63) is 29.7 Å². The minimum Gasteiger partial charge on any atom is -0.379 e. The van der Waals surface area contributed by atoms with E-state index < -0.39 is 0 Å². The van der Waals surface area contributed by atoms with E-state index >= 15 is 0 Å². The molecular formula is C13H20ClN3O. The molecule has 1 rings (SSSR count). The van der Waals surface area contributed by atoms with Crippen LogP contribution in [0.1, 0.15) is 32.0 Å². The first-order valence-corrected chi connectivity index (χ1v) is 6.48. The summed E-state index contributed by atoms with van der Waals surface area (Å²) in [6.07, 6.45) is 2.71. The Bertz CT molecular complexity index is 382. The lowest BCUT2D eigenvalue weighted by Gasteiger charge is -2.09. The molecule has 0 saturated carbocycles. The first-order valence-electron chi connectivity index (χ1n) is 6.10. The summed E-state index contributed by atoms with van der Waals surface area (Å²) in [6, 6.07) is 1.72. The summed E-state index contributed by atoms with van der Waals surface area (Å²) in [4.78, 5) is 8.56. The molecule has 0 aromatic carbocycles. The summed E-state index contributed by atoms with van der Waals surface area (Å²) in [6.45, 7) is 9.74. The van der Waals surface area contributed by atoms with Crippen LogP contribution in [0.2, 0.25) is 5.15 Å². The lowest BCUT2D eigenvalue weighted by molar-refractivity contribution is 0.149. The van der Waals surface area contributed by atoms with Crippen molar-refractivity contribution in [3.63, 3.8) is 0 Å². The molecule has 1 aromatic rings. The van der Waals surface area contributed by atoms with Gasteiger partial charge in [-0.25, -0.2) is 9.97 Å². The minimum absolute atomic E-state index is 0.257. The zero-order valence-electron chi connectivity index (χ0n) is 10.9. The first kappa shape index (κ1) is 14.9. The van der Waals surface area contributed by atoms with Gasteiger partial charge >= 0.3 is 0 Å². The SMILES string of the molecule is C=CCCOCCNc1cc(Cl)nc(C(C)C)n1. The molecule has 5 heteroatoms. The van der Waals surface area contributed by atoms with Gasteiger partial charge in [-0.3, -0.25) is 0 Å². The van der Waals surface area contributed by atoms with Crippen LogP contribution >= 0.6 is 11.6 Å². The van der Waals surface area contributed by atoms with E-state index in [0.29, 0.717) is 24.9 Å². The van der Waals surface area contributed by atoms with Crippen LogP contribution in [0.4, 0.5) is 5.82 Å². The Morgan fingerprint density at radius 3 is 2.89 bits per heavy atom. The molecule has 0 saturated heterocycles. The maximum absolute atomic E-state index is 5.94. The van der Waals surface area contributed by atoms with Gasteiger partial charge in [-0.05, 0) is 6.42 Å². The fourth-order valence-corrected chi connectivity index (χ4v) is 1.49. The second-order valence-corrected chi connectivity index (χ2v) is 4.59. The zero-order valence-corrected chi connectivity index (χ0v) is 11.7. The van der Waals surface area contributed by atoms with E-state index in [-0.39, 0.29) is 5.92 Å². The molecule has 1 heterocycles. The Morgan fingerprint density at radius 1 is 1.44 bits per heavy atom. The van der Waals surface area contributed by atoms with Crippen LogP contribution in [-0.2, 0) is 4.74 Å². The predicted octanol–water partition coefficient (Wildman–Crippen LogP) is 3.26. The van der Waals surface area contributed by atoms with Crippen LogP contribution < -0.4 is 5.32 Å². The van der Waals surface area contributed by atoms with Crippen molar-refractivity contribution in [1.82, 2.24) is 9.97 Å². The maximum atomic E-state index is 5.94. The molecule has 1 aromatic heterocycles. The second-order valence-electron chi connectivity index (χ2n) is 4.21. The van der Waals surface area contributed by atoms with E-state index in [2.05, 4.69) is 21.9 Å². The van der Waals surface area contributed by atoms with Crippen molar-refractivity contribution in [3.8, 4) is 0 Å². The van der Waals surface area contributed by atoms with Crippen molar-refractivity contribution < 1.29 is 4.74 Å². The third kappa shape index (κ3) is 5.47. The van der Waals surface area contributed by atoms with Gasteiger partial charge in [0.1, 0.15) is 16.8 Å². The average molecular weight is 270 g/mol. The van der Waals surface area contributed by atoms with Crippen LogP contribution in [0.15, 0.2) is 18.7 Å². The largest absolute Gasteiger partial charge is 0.379 e. The Labute approximate surface area is 113 Å². The fourth-order valence-electron chi connectivity index (χ4n) is 1.30. The highest BCUT2D eigenvalue weighted by atomic mass is 35.5. The normalized spacial score (nSPS) is 10.7. The van der Waals surface area contributed by atoms with Crippen LogP contribution in [0.3, 0.4) is 0 Å². The molecule has 0 aliphatic heterocycles. The highest BCUT2D eigenvalue weighted by Gasteiger charge is 2.06. The van der Waals surface area contributed by atoms with Gasteiger partial charge in [0.25, 0.3) is 0 Å². The molecule has 0 aliphatic carbocycles. The van der Waals surface area contributed by atoms with Crippen molar-refractivity contribution >= 4 is 17.4 Å². The average Bonchev–Trinajstić information content (AvgIpc) is 2.33. The highest BCUT2D eigenvalue weighted by Crippen LogP contribution is 2.16. The van der Waals surface area contributed by atoms with E-state index in [9.17, 15) is 0 Å². The predicted molar refractivity (Wildman–Crippen MR) is 75.3 cm³/mol. The van der Waals surface area contributed by atoms with Gasteiger partial charge in [0.2, 0.25) is 0 Å². The first-order chi connectivity index (χ1) is 8.63. The van der Waals surface area contributed by atoms with Gasteiger partial charge in [0.05, 0.1) is 13.2 Å². The van der Waals surface area contributed by atoms with E-state index in [4.69, 9.17) is 16.3 Å². The molecule has 1 N–H and O–H groups in total. The van der Waals surface area contributed by atoms with Crippen LogP contribution in [0.25, 0.3) is 0 Å². The topological polar surface area (TPSA) is 47.0 Å². The van der Waals surface area contributed by atoms with Crippen molar-refractivity contribution in [2.75, 3.05) is 25.1 Å². The van der Waals surface area contributed by atoms with E-state index in [1.54, 1.807) is 6.07 Å². The zero-order chi connectivity index (χ0) is 13.4. The van der Waals surface area contributed by atoms with E-state index in [1.165, 1.54) is 0 Å². The molecule has 0 fully saturated rings. The minimum atomic E-state index is 0.257. The Kier molecular flexibility index (Phi) is 6.68. The number of aromatic nitrogens is 2. The maximum Gasteiger partial charge on any atom is 0.135 e. The lowest BCUT2D eigenvalue weighted by atomic mass is 10.2. The van der Waals surface area contributed by atoms with Gasteiger partial charge in [-0.2, -0.15) is 0 Å². The highest BCUT2D eigenvalue weighted by molar-refractivity contribution is 6.29. The lowest BCUT2D eigenvalue weighted by Crippen LogP contribution is -2.12. The summed E-state index contributed by atoms with van der Waals surface area (Å²) >= 11 is 5.94. The quantitative estimate of drug-likeness (QED) is 0.447. The summed E-state index contributed by atoms with van der Waals surface area (Å²) in [5.41, 5.74) is 0. The van der Waals surface area contributed by atoms with Gasteiger partial charge in [0, 0.05) is 18.5 Å². The van der Waals surface area contributed by atoms with E-state index in [1.807, 2.05) is 19.9 Å². The monoisotopic (exact) mass is 269 g/mol. The standard InChI is InChI=1S/C13H20ClN3O/c1-4-5-7-18-8-6-15-12-9-11(14)16-13(17-12)10(2)3/h4,9-10H,1,5-8H2,2-3H3,(H,15,16,17). The third-order valence-corrected chi connectivity index (χ3v) is 2.44. The summed E-state index contributed by atoms with van der Waals surface area (Å²) in [5.74, 6) is 1.75. The molecule has 0 spiro atoms. The van der Waals surface area contributed by atoms with Gasteiger partial charge in [-0.15, -0.1) is 6.58 Å². The Hall–Kier alpha value is -1.13. The Morgan fingerprint density at radius 2 is 2.22 bits per heavy atom. The van der Waals surface area contributed by atoms with Gasteiger partial charge in [-0.1, -0.05) is 31.5 Å². The Balaban J connectivity index is 2.39. The van der Waals surface area contributed by atoms with Crippen molar-refractivity contribution in [2.24, 2.45) is 0 Å². The summed E-state index contributed by atoms with van der Waals surface area (Å²) in [7, 11) is 0. The molecule has 0 bridgehead atoms. The molecule has 0 aliphatic rings. The number of halogens is 1. The number of hydrogen-bond acceptors (Lipinski definition) is 4. The van der Waals surface area contributed by atoms with E-state index in [0.717, 1.165) is 18.1 Å². The third-order valence-electron chi connectivity index (χ3n) is 2.25. The van der Waals surface area contributed by atoms with Crippen LogP contribution in [-0.4, -0.2) is 29.7 Å². The molecule has 0 radical (unpaired) electrons. The number of nitrogens with one attached hydrogen (secondary N) is 1. The number of nitrogens with zero attached hydrogens (tertiary/aromatic N) is 2. The number of rotatable bonds is 8. The number of anilines is 1.